The predicted molar refractivity (Wildman–Crippen MR) is 87.6 cm³/mol. The molecule has 4 aromatic rings. The van der Waals surface area contributed by atoms with Gasteiger partial charge < -0.3 is 4.57 Å². The average Bonchev–Trinajstić information content (AvgIpc) is 3.31. The van der Waals surface area contributed by atoms with Crippen molar-refractivity contribution >= 4 is 0 Å². The second-order valence-corrected chi connectivity index (χ2v) is 4.64. The Morgan fingerprint density at radius 2 is 1.50 bits per heavy atom. The molecule has 0 saturated carbocycles. The molecule has 0 amide bonds. The number of aromatic amines is 1. The number of nitrogens with zero attached hydrogens (tertiary/aromatic N) is 3. The molecule has 0 fully saturated rings. The van der Waals surface area contributed by atoms with Crippen LogP contribution < -0.4 is 0 Å². The quantitative estimate of drug-likeness (QED) is 0.607. The highest BCUT2D eigenvalue weighted by molar-refractivity contribution is 5.57. The summed E-state index contributed by atoms with van der Waals surface area (Å²) in [7, 11) is 0. The number of aromatic nitrogens is 4. The van der Waals surface area contributed by atoms with Crippen LogP contribution in [0.2, 0.25) is 0 Å². The number of H-pyrrole nitrogens is 1. The second-order valence-electron chi connectivity index (χ2n) is 4.64. The lowest BCUT2D eigenvalue weighted by molar-refractivity contribution is 1.06. The summed E-state index contributed by atoms with van der Waals surface area (Å²) >= 11 is 0. The van der Waals surface area contributed by atoms with E-state index in [-0.39, 0.29) is 0 Å². The molecule has 2 aromatic carbocycles. The molecule has 1 N–H and O–H groups in total. The molecule has 0 radical (unpaired) electrons. The summed E-state index contributed by atoms with van der Waals surface area (Å²) < 4.78 is 1.97. The van der Waals surface area contributed by atoms with E-state index in [4.69, 9.17) is 0 Å². The Balaban J connectivity index is 0.000000131. The van der Waals surface area contributed by atoms with Crippen molar-refractivity contribution in [3.05, 3.63) is 91.6 Å². The number of rotatable bonds is 2. The second kappa shape index (κ2) is 7.04. The smallest absolute Gasteiger partial charge is 0.0991 e. The molecule has 4 heteroatoms. The van der Waals surface area contributed by atoms with Crippen LogP contribution in [-0.2, 0) is 0 Å². The van der Waals surface area contributed by atoms with Gasteiger partial charge in [-0.25, -0.2) is 4.98 Å². The fourth-order valence-electron chi connectivity index (χ4n) is 2.05. The first-order valence-corrected chi connectivity index (χ1v) is 7.01. The Kier molecular flexibility index (Phi) is 4.42. The van der Waals surface area contributed by atoms with E-state index in [1.807, 2.05) is 77.5 Å². The summed E-state index contributed by atoms with van der Waals surface area (Å²) in [5, 5.41) is 6.78. The van der Waals surface area contributed by atoms with Gasteiger partial charge in [0.05, 0.1) is 12.0 Å². The summed E-state index contributed by atoms with van der Waals surface area (Å²) in [6, 6.07) is 22.2. The zero-order valence-electron chi connectivity index (χ0n) is 12.0. The third kappa shape index (κ3) is 3.49. The van der Waals surface area contributed by atoms with Crippen molar-refractivity contribution in [2.45, 2.75) is 0 Å². The highest BCUT2D eigenvalue weighted by Crippen LogP contribution is 2.13. The van der Waals surface area contributed by atoms with Gasteiger partial charge in [-0.2, -0.15) is 5.10 Å². The van der Waals surface area contributed by atoms with Gasteiger partial charge in [0.1, 0.15) is 0 Å². The number of nitrogens with one attached hydrogen (secondary N) is 1. The number of hydrogen-bond acceptors (Lipinski definition) is 2. The van der Waals surface area contributed by atoms with Crippen LogP contribution >= 0.6 is 0 Å². The van der Waals surface area contributed by atoms with Gasteiger partial charge in [-0.05, 0) is 23.8 Å². The first kappa shape index (κ1) is 13.8. The molecular weight excluding hydrogens is 272 g/mol. The van der Waals surface area contributed by atoms with Gasteiger partial charge in [0, 0.05) is 24.3 Å². The van der Waals surface area contributed by atoms with E-state index in [9.17, 15) is 0 Å². The lowest BCUT2D eigenvalue weighted by Crippen LogP contribution is -1.87. The molecular formula is C18H16N4. The van der Waals surface area contributed by atoms with Crippen LogP contribution in [0.15, 0.2) is 91.6 Å². The maximum absolute atomic E-state index is 3.96. The molecule has 0 unspecified atom stereocenters. The van der Waals surface area contributed by atoms with Crippen molar-refractivity contribution in [2.75, 3.05) is 0 Å². The van der Waals surface area contributed by atoms with E-state index in [1.54, 1.807) is 18.7 Å². The van der Waals surface area contributed by atoms with E-state index in [0.717, 1.165) is 11.4 Å². The van der Waals surface area contributed by atoms with Crippen molar-refractivity contribution in [1.82, 2.24) is 19.7 Å². The third-order valence-electron chi connectivity index (χ3n) is 3.14. The van der Waals surface area contributed by atoms with E-state index < -0.39 is 0 Å². The molecule has 2 heterocycles. The monoisotopic (exact) mass is 288 g/mol. The minimum atomic E-state index is 1.06. The maximum Gasteiger partial charge on any atom is 0.0991 e. The first-order valence-electron chi connectivity index (χ1n) is 7.01. The van der Waals surface area contributed by atoms with Gasteiger partial charge in [-0.3, -0.25) is 5.10 Å². The van der Waals surface area contributed by atoms with E-state index in [2.05, 4.69) is 15.2 Å². The molecule has 2 aromatic heterocycles. The summed E-state index contributed by atoms with van der Waals surface area (Å²) in [6.45, 7) is 0. The van der Waals surface area contributed by atoms with Crippen LogP contribution in [0, 0.1) is 0 Å². The molecule has 0 atom stereocenters. The molecule has 0 bridgehead atoms. The SMILES string of the molecule is c1ccc(-c2ccn[nH]2)cc1.c1ccc(-n2ccnc2)cc1. The molecule has 0 aliphatic rings. The maximum atomic E-state index is 3.96. The van der Waals surface area contributed by atoms with Crippen molar-refractivity contribution < 1.29 is 0 Å². The van der Waals surface area contributed by atoms with E-state index in [1.165, 1.54) is 5.56 Å². The summed E-state index contributed by atoms with van der Waals surface area (Å²) in [4.78, 5) is 3.96. The first-order chi connectivity index (χ1) is 10.9. The Bertz CT molecular complexity index is 691. The third-order valence-corrected chi connectivity index (χ3v) is 3.14. The van der Waals surface area contributed by atoms with Crippen LogP contribution in [0.5, 0.6) is 0 Å². The summed E-state index contributed by atoms with van der Waals surface area (Å²) in [5.41, 5.74) is 3.38. The molecule has 0 saturated heterocycles. The van der Waals surface area contributed by atoms with Crippen LogP contribution in [0.1, 0.15) is 0 Å². The number of benzene rings is 2. The highest BCUT2D eigenvalue weighted by Gasteiger charge is 1.94. The number of para-hydroxylation sites is 1. The van der Waals surface area contributed by atoms with Crippen LogP contribution in [0.3, 0.4) is 0 Å². The molecule has 108 valence electrons. The standard InChI is InChI=1S/2C9H8N2/c1-2-4-9(5-3-1)11-7-6-10-8-11;1-2-4-8(5-3-1)9-6-7-10-11-9/h1-8H;1-7H,(H,10,11). The van der Waals surface area contributed by atoms with Crippen molar-refractivity contribution in [2.24, 2.45) is 0 Å². The van der Waals surface area contributed by atoms with E-state index in [0.29, 0.717) is 0 Å². The van der Waals surface area contributed by atoms with Gasteiger partial charge in [-0.15, -0.1) is 0 Å². The lowest BCUT2D eigenvalue weighted by Gasteiger charge is -1.98. The minimum Gasteiger partial charge on any atom is -0.306 e. The minimum absolute atomic E-state index is 1.06. The van der Waals surface area contributed by atoms with Crippen LogP contribution in [-0.4, -0.2) is 19.7 Å². The number of hydrogen-bond donors (Lipinski definition) is 1. The molecule has 4 rings (SSSR count). The van der Waals surface area contributed by atoms with Crippen molar-refractivity contribution in [1.29, 1.82) is 0 Å². The Labute approximate surface area is 129 Å². The van der Waals surface area contributed by atoms with Gasteiger partial charge in [-0.1, -0.05) is 48.5 Å². The van der Waals surface area contributed by atoms with Crippen LogP contribution in [0.25, 0.3) is 16.9 Å². The summed E-state index contributed by atoms with van der Waals surface area (Å²) in [5.74, 6) is 0. The fraction of sp³-hybridized carbons (Fsp3) is 0. The molecule has 0 aliphatic carbocycles. The lowest BCUT2D eigenvalue weighted by atomic mass is 10.2. The molecule has 4 nitrogen and oxygen atoms in total. The molecule has 0 aliphatic heterocycles. The van der Waals surface area contributed by atoms with Crippen molar-refractivity contribution in [3.8, 4) is 16.9 Å². The van der Waals surface area contributed by atoms with Crippen LogP contribution in [0.4, 0.5) is 0 Å². The molecule has 22 heavy (non-hydrogen) atoms. The zero-order valence-corrected chi connectivity index (χ0v) is 12.0. The van der Waals surface area contributed by atoms with E-state index >= 15 is 0 Å². The van der Waals surface area contributed by atoms with Gasteiger partial charge >= 0.3 is 0 Å². The Morgan fingerprint density at radius 3 is 2.09 bits per heavy atom. The Morgan fingerprint density at radius 1 is 0.773 bits per heavy atom. The Hall–Kier alpha value is -3.14. The topological polar surface area (TPSA) is 46.5 Å². The predicted octanol–water partition coefficient (Wildman–Crippen LogP) is 3.95. The van der Waals surface area contributed by atoms with Gasteiger partial charge in [0.15, 0.2) is 0 Å². The largest absolute Gasteiger partial charge is 0.306 e. The highest BCUT2D eigenvalue weighted by atomic mass is 15.1. The van der Waals surface area contributed by atoms with Crippen molar-refractivity contribution in [3.63, 3.8) is 0 Å². The molecule has 0 spiro atoms. The number of imidazole rings is 1. The summed E-state index contributed by atoms with van der Waals surface area (Å²) in [6.07, 6.45) is 7.24. The zero-order chi connectivity index (χ0) is 15.0. The average molecular weight is 288 g/mol. The normalized spacial score (nSPS) is 9.82. The van der Waals surface area contributed by atoms with Gasteiger partial charge in [0.25, 0.3) is 0 Å². The fourth-order valence-corrected chi connectivity index (χ4v) is 2.05. The van der Waals surface area contributed by atoms with Gasteiger partial charge in [0.2, 0.25) is 0 Å².